The molecule has 134 valence electrons. The Bertz CT molecular complexity index is 733. The number of hydrogen-bond donors (Lipinski definition) is 1. The molecule has 1 heterocycles. The van der Waals surface area contributed by atoms with E-state index < -0.39 is 0 Å². The van der Waals surface area contributed by atoms with Crippen LogP contribution in [0.3, 0.4) is 0 Å². The quantitative estimate of drug-likeness (QED) is 0.732. The van der Waals surface area contributed by atoms with Crippen molar-refractivity contribution >= 4 is 23.0 Å². The fourth-order valence-electron chi connectivity index (χ4n) is 2.69. The maximum Gasteiger partial charge on any atom is 0.220 e. The van der Waals surface area contributed by atoms with Crippen LogP contribution in [0.2, 0.25) is 0 Å². The van der Waals surface area contributed by atoms with Gasteiger partial charge >= 0.3 is 0 Å². The molecule has 0 saturated heterocycles. The number of ketones is 1. The summed E-state index contributed by atoms with van der Waals surface area (Å²) in [6.07, 6.45) is 0.483. The van der Waals surface area contributed by atoms with Crippen molar-refractivity contribution in [3.8, 4) is 0 Å². The van der Waals surface area contributed by atoms with Crippen LogP contribution in [0.25, 0.3) is 0 Å². The molecule has 0 unspecified atom stereocenters. The summed E-state index contributed by atoms with van der Waals surface area (Å²) in [5, 5.41) is 2.89. The number of aryl methyl sites for hydroxylation is 2. The van der Waals surface area contributed by atoms with Crippen molar-refractivity contribution in [2.75, 3.05) is 14.1 Å². The third-order valence-electron chi connectivity index (χ3n) is 3.93. The van der Waals surface area contributed by atoms with Crippen LogP contribution < -0.4 is 5.32 Å². The molecule has 0 radical (unpaired) electrons. The summed E-state index contributed by atoms with van der Waals surface area (Å²) in [6, 6.07) is 10.1. The first-order valence-corrected chi connectivity index (χ1v) is 9.26. The maximum atomic E-state index is 12.2. The Balaban J connectivity index is 1.77. The average Bonchev–Trinajstić information content (AvgIpc) is 2.90. The highest BCUT2D eigenvalue weighted by molar-refractivity contribution is 7.12. The SMILES string of the molecule is Cc1cc(C(=O)CCC(=O)NCc2ccc(CN(C)C)cc2)c(C)s1. The van der Waals surface area contributed by atoms with Gasteiger partial charge in [-0.2, -0.15) is 0 Å². The van der Waals surface area contributed by atoms with E-state index in [0.717, 1.165) is 27.4 Å². The predicted octanol–water partition coefficient (Wildman–Crippen LogP) is 3.71. The molecule has 1 aromatic carbocycles. The lowest BCUT2D eigenvalue weighted by Gasteiger charge is -2.10. The molecule has 2 aromatic rings. The molecular formula is C20H26N2O2S. The molecule has 0 aliphatic rings. The highest BCUT2D eigenvalue weighted by atomic mass is 32.1. The fraction of sp³-hybridized carbons (Fsp3) is 0.400. The third kappa shape index (κ3) is 6.11. The summed E-state index contributed by atoms with van der Waals surface area (Å²) in [6.45, 7) is 5.33. The first kappa shape index (κ1) is 19.3. The second kappa shape index (κ2) is 8.92. The van der Waals surface area contributed by atoms with Crippen molar-refractivity contribution in [1.82, 2.24) is 10.2 Å². The molecule has 0 spiro atoms. The Labute approximate surface area is 153 Å². The smallest absolute Gasteiger partial charge is 0.220 e. The summed E-state index contributed by atoms with van der Waals surface area (Å²) in [7, 11) is 4.07. The van der Waals surface area contributed by atoms with Gasteiger partial charge in [-0.15, -0.1) is 11.3 Å². The van der Waals surface area contributed by atoms with Gasteiger partial charge < -0.3 is 10.2 Å². The highest BCUT2D eigenvalue weighted by Crippen LogP contribution is 2.22. The van der Waals surface area contributed by atoms with Crippen molar-refractivity contribution in [2.45, 2.75) is 39.8 Å². The highest BCUT2D eigenvalue weighted by Gasteiger charge is 2.13. The summed E-state index contributed by atoms with van der Waals surface area (Å²) in [5.41, 5.74) is 3.06. The van der Waals surface area contributed by atoms with E-state index in [-0.39, 0.29) is 24.5 Å². The number of nitrogens with zero attached hydrogens (tertiary/aromatic N) is 1. The summed E-state index contributed by atoms with van der Waals surface area (Å²) >= 11 is 1.62. The lowest BCUT2D eigenvalue weighted by Crippen LogP contribution is -2.23. The third-order valence-corrected chi connectivity index (χ3v) is 4.90. The number of amides is 1. The zero-order valence-corrected chi connectivity index (χ0v) is 16.2. The summed E-state index contributed by atoms with van der Waals surface area (Å²) in [5.74, 6) is -0.0413. The number of hydrogen-bond acceptors (Lipinski definition) is 4. The zero-order valence-electron chi connectivity index (χ0n) is 15.4. The fourth-order valence-corrected chi connectivity index (χ4v) is 3.63. The number of rotatable bonds is 8. The van der Waals surface area contributed by atoms with Gasteiger partial charge in [0.2, 0.25) is 5.91 Å². The van der Waals surface area contributed by atoms with E-state index in [9.17, 15) is 9.59 Å². The molecule has 5 heteroatoms. The molecule has 0 saturated carbocycles. The molecule has 1 N–H and O–H groups in total. The first-order valence-electron chi connectivity index (χ1n) is 8.44. The Kier molecular flexibility index (Phi) is 6.91. The van der Waals surface area contributed by atoms with Gasteiger partial charge in [-0.05, 0) is 45.1 Å². The van der Waals surface area contributed by atoms with Crippen molar-refractivity contribution < 1.29 is 9.59 Å². The van der Waals surface area contributed by atoms with Crippen molar-refractivity contribution in [1.29, 1.82) is 0 Å². The predicted molar refractivity (Wildman–Crippen MR) is 103 cm³/mol. The van der Waals surface area contributed by atoms with Crippen molar-refractivity contribution in [3.63, 3.8) is 0 Å². The lowest BCUT2D eigenvalue weighted by molar-refractivity contribution is -0.121. The maximum absolute atomic E-state index is 12.2. The van der Waals surface area contributed by atoms with Crippen LogP contribution in [-0.2, 0) is 17.9 Å². The van der Waals surface area contributed by atoms with Crippen LogP contribution in [0.5, 0.6) is 0 Å². The summed E-state index contributed by atoms with van der Waals surface area (Å²) < 4.78 is 0. The van der Waals surface area contributed by atoms with Crippen LogP contribution in [-0.4, -0.2) is 30.7 Å². The van der Waals surface area contributed by atoms with E-state index in [2.05, 4.69) is 22.3 Å². The monoisotopic (exact) mass is 358 g/mol. The van der Waals surface area contributed by atoms with Crippen LogP contribution in [0.1, 0.15) is 44.1 Å². The molecule has 1 aromatic heterocycles. The second-order valence-electron chi connectivity index (χ2n) is 6.58. The minimum atomic E-state index is -0.0877. The van der Waals surface area contributed by atoms with E-state index in [1.54, 1.807) is 11.3 Å². The van der Waals surface area contributed by atoms with Gasteiger partial charge in [-0.3, -0.25) is 9.59 Å². The van der Waals surface area contributed by atoms with Gasteiger partial charge in [0.15, 0.2) is 5.78 Å². The van der Waals surface area contributed by atoms with Crippen LogP contribution in [0, 0.1) is 13.8 Å². The number of Topliss-reactive ketones (excluding diaryl/α,β-unsaturated/α-hetero) is 1. The molecule has 0 atom stereocenters. The molecular weight excluding hydrogens is 332 g/mol. The largest absolute Gasteiger partial charge is 0.352 e. The number of carbonyl (C=O) groups excluding carboxylic acids is 2. The van der Waals surface area contributed by atoms with E-state index in [0.29, 0.717) is 6.54 Å². The first-order chi connectivity index (χ1) is 11.8. The molecule has 1 amide bonds. The minimum absolute atomic E-state index is 0.0463. The van der Waals surface area contributed by atoms with E-state index in [1.165, 1.54) is 5.56 Å². The van der Waals surface area contributed by atoms with Crippen molar-refractivity contribution in [3.05, 3.63) is 56.8 Å². The van der Waals surface area contributed by atoms with E-state index in [1.807, 2.05) is 46.1 Å². The number of carbonyl (C=O) groups is 2. The second-order valence-corrected chi connectivity index (χ2v) is 8.04. The Hall–Kier alpha value is -1.98. The summed E-state index contributed by atoms with van der Waals surface area (Å²) in [4.78, 5) is 28.5. The molecule has 0 aliphatic heterocycles. The van der Waals surface area contributed by atoms with Gasteiger partial charge in [-0.1, -0.05) is 24.3 Å². The van der Waals surface area contributed by atoms with Gasteiger partial charge in [0.1, 0.15) is 0 Å². The minimum Gasteiger partial charge on any atom is -0.352 e. The van der Waals surface area contributed by atoms with Gasteiger partial charge in [-0.25, -0.2) is 0 Å². The topological polar surface area (TPSA) is 49.4 Å². The van der Waals surface area contributed by atoms with Crippen LogP contribution >= 0.6 is 11.3 Å². The Morgan fingerprint density at radius 2 is 1.68 bits per heavy atom. The molecule has 0 bridgehead atoms. The number of benzene rings is 1. The van der Waals surface area contributed by atoms with Crippen LogP contribution in [0.15, 0.2) is 30.3 Å². The average molecular weight is 359 g/mol. The van der Waals surface area contributed by atoms with Crippen molar-refractivity contribution in [2.24, 2.45) is 0 Å². The number of thiophene rings is 1. The van der Waals surface area contributed by atoms with E-state index >= 15 is 0 Å². The molecule has 0 fully saturated rings. The molecule has 2 rings (SSSR count). The molecule has 0 aliphatic carbocycles. The zero-order chi connectivity index (χ0) is 18.4. The standard InChI is InChI=1S/C20H26N2O2S/c1-14-11-18(15(2)25-14)19(23)9-10-20(24)21-12-16-5-7-17(8-6-16)13-22(3)4/h5-8,11H,9-10,12-13H2,1-4H3,(H,21,24). The normalized spacial score (nSPS) is 10.9. The Morgan fingerprint density at radius 1 is 1.04 bits per heavy atom. The lowest BCUT2D eigenvalue weighted by atomic mass is 10.1. The molecule has 25 heavy (non-hydrogen) atoms. The van der Waals surface area contributed by atoms with Gasteiger partial charge in [0.25, 0.3) is 0 Å². The van der Waals surface area contributed by atoms with Gasteiger partial charge in [0.05, 0.1) is 0 Å². The number of nitrogens with one attached hydrogen (secondary N) is 1. The van der Waals surface area contributed by atoms with Crippen LogP contribution in [0.4, 0.5) is 0 Å². The Morgan fingerprint density at radius 3 is 2.24 bits per heavy atom. The van der Waals surface area contributed by atoms with Gasteiger partial charge in [0, 0.05) is 41.2 Å². The molecule has 4 nitrogen and oxygen atoms in total. The van der Waals surface area contributed by atoms with E-state index in [4.69, 9.17) is 0 Å².